The Balaban J connectivity index is 1.86. The molecule has 0 bridgehead atoms. The zero-order valence-electron chi connectivity index (χ0n) is 14.8. The van der Waals surface area contributed by atoms with Crippen molar-refractivity contribution in [2.75, 3.05) is 4.72 Å². The number of sulfonamides is 1. The third-order valence-electron chi connectivity index (χ3n) is 4.05. The fourth-order valence-corrected chi connectivity index (χ4v) is 4.12. The van der Waals surface area contributed by atoms with Crippen LogP contribution in [0, 0.1) is 26.6 Å². The second kappa shape index (κ2) is 6.92. The molecule has 1 aromatic heterocycles. The zero-order chi connectivity index (χ0) is 18.9. The molecule has 0 radical (unpaired) electrons. The van der Waals surface area contributed by atoms with Crippen molar-refractivity contribution < 1.29 is 12.8 Å². The summed E-state index contributed by atoms with van der Waals surface area (Å²) < 4.78 is 43.1. The van der Waals surface area contributed by atoms with Crippen molar-refractivity contribution in [2.45, 2.75) is 32.2 Å². The van der Waals surface area contributed by atoms with E-state index in [0.29, 0.717) is 17.8 Å². The van der Waals surface area contributed by atoms with Crippen LogP contribution < -0.4 is 4.72 Å². The van der Waals surface area contributed by atoms with Gasteiger partial charge in [0.05, 0.1) is 17.1 Å². The van der Waals surface area contributed by atoms with Crippen molar-refractivity contribution in [2.24, 2.45) is 0 Å². The Morgan fingerprint density at radius 2 is 1.85 bits per heavy atom. The molecule has 0 aliphatic rings. The summed E-state index contributed by atoms with van der Waals surface area (Å²) in [5, 5.41) is 4.41. The third-order valence-corrected chi connectivity index (χ3v) is 5.58. The number of rotatable bonds is 5. The van der Waals surface area contributed by atoms with E-state index in [1.165, 1.54) is 12.1 Å². The summed E-state index contributed by atoms with van der Waals surface area (Å²) in [5.41, 5.74) is 3.78. The van der Waals surface area contributed by atoms with Crippen molar-refractivity contribution in [1.29, 1.82) is 0 Å². The SMILES string of the molecule is Cc1cc(C)n(Cc2cccc(NS(=O)(=O)c3cc(F)ccc3C)c2)n1. The van der Waals surface area contributed by atoms with E-state index in [0.717, 1.165) is 23.0 Å². The summed E-state index contributed by atoms with van der Waals surface area (Å²) in [7, 11) is -3.87. The first kappa shape index (κ1) is 18.1. The fourth-order valence-electron chi connectivity index (χ4n) is 2.81. The molecular weight excluding hydrogens is 353 g/mol. The highest BCUT2D eigenvalue weighted by molar-refractivity contribution is 7.92. The van der Waals surface area contributed by atoms with Crippen LogP contribution in [0.4, 0.5) is 10.1 Å². The lowest BCUT2D eigenvalue weighted by Crippen LogP contribution is -2.15. The van der Waals surface area contributed by atoms with E-state index in [-0.39, 0.29) is 4.90 Å². The van der Waals surface area contributed by atoms with Crippen LogP contribution in [-0.4, -0.2) is 18.2 Å². The molecule has 5 nitrogen and oxygen atoms in total. The lowest BCUT2D eigenvalue weighted by atomic mass is 10.2. The van der Waals surface area contributed by atoms with Crippen LogP contribution in [-0.2, 0) is 16.6 Å². The molecule has 0 aliphatic heterocycles. The van der Waals surface area contributed by atoms with Gasteiger partial charge in [-0.2, -0.15) is 5.10 Å². The van der Waals surface area contributed by atoms with Gasteiger partial charge in [0.25, 0.3) is 10.0 Å². The number of hydrogen-bond acceptors (Lipinski definition) is 3. The topological polar surface area (TPSA) is 64.0 Å². The van der Waals surface area contributed by atoms with Crippen molar-refractivity contribution in [3.8, 4) is 0 Å². The number of halogens is 1. The van der Waals surface area contributed by atoms with E-state index in [9.17, 15) is 12.8 Å². The van der Waals surface area contributed by atoms with Gasteiger partial charge in [-0.1, -0.05) is 18.2 Å². The van der Waals surface area contributed by atoms with Crippen LogP contribution >= 0.6 is 0 Å². The van der Waals surface area contributed by atoms with E-state index in [1.54, 1.807) is 25.1 Å². The van der Waals surface area contributed by atoms with Crippen molar-refractivity contribution >= 4 is 15.7 Å². The fraction of sp³-hybridized carbons (Fsp3) is 0.211. The number of hydrogen-bond donors (Lipinski definition) is 1. The largest absolute Gasteiger partial charge is 0.280 e. The van der Waals surface area contributed by atoms with E-state index in [2.05, 4.69) is 9.82 Å². The van der Waals surface area contributed by atoms with Crippen molar-refractivity contribution in [3.05, 3.63) is 76.9 Å². The van der Waals surface area contributed by atoms with E-state index < -0.39 is 15.8 Å². The second-order valence-electron chi connectivity index (χ2n) is 6.30. The Hall–Kier alpha value is -2.67. The van der Waals surface area contributed by atoms with Gasteiger partial charge in [-0.05, 0) is 62.2 Å². The molecule has 0 saturated heterocycles. The maximum Gasteiger partial charge on any atom is 0.262 e. The van der Waals surface area contributed by atoms with Crippen LogP contribution in [0.2, 0.25) is 0 Å². The zero-order valence-corrected chi connectivity index (χ0v) is 15.6. The molecule has 0 aliphatic carbocycles. The van der Waals surface area contributed by atoms with Gasteiger partial charge in [0.15, 0.2) is 0 Å². The Morgan fingerprint density at radius 3 is 2.54 bits per heavy atom. The molecule has 3 rings (SSSR count). The van der Waals surface area contributed by atoms with Gasteiger partial charge in [0.1, 0.15) is 5.82 Å². The number of anilines is 1. The quantitative estimate of drug-likeness (QED) is 0.740. The Labute approximate surface area is 152 Å². The van der Waals surface area contributed by atoms with Crippen molar-refractivity contribution in [3.63, 3.8) is 0 Å². The third kappa shape index (κ3) is 3.94. The molecule has 2 aromatic carbocycles. The van der Waals surface area contributed by atoms with Crippen LogP contribution in [0.15, 0.2) is 53.4 Å². The standard InChI is InChI=1S/C19H20FN3O2S/c1-13-7-8-17(20)11-19(13)26(24,25)22-18-6-4-5-16(10-18)12-23-15(3)9-14(2)21-23/h4-11,22H,12H2,1-3H3. The normalized spacial score (nSPS) is 11.5. The van der Waals surface area contributed by atoms with Crippen LogP contribution in [0.25, 0.3) is 0 Å². The lowest BCUT2D eigenvalue weighted by molar-refractivity contribution is 0.594. The number of aryl methyl sites for hydroxylation is 3. The van der Waals surface area contributed by atoms with Gasteiger partial charge < -0.3 is 0 Å². The lowest BCUT2D eigenvalue weighted by Gasteiger charge is -2.12. The van der Waals surface area contributed by atoms with Gasteiger partial charge in [0.2, 0.25) is 0 Å². The Kier molecular flexibility index (Phi) is 4.82. The Morgan fingerprint density at radius 1 is 1.08 bits per heavy atom. The molecule has 26 heavy (non-hydrogen) atoms. The summed E-state index contributed by atoms with van der Waals surface area (Å²) in [4.78, 5) is -0.0681. The van der Waals surface area contributed by atoms with Gasteiger partial charge >= 0.3 is 0 Å². The molecule has 0 unspecified atom stereocenters. The highest BCUT2D eigenvalue weighted by Crippen LogP contribution is 2.21. The highest BCUT2D eigenvalue weighted by Gasteiger charge is 2.18. The monoisotopic (exact) mass is 373 g/mol. The van der Waals surface area contributed by atoms with Crippen LogP contribution in [0.5, 0.6) is 0 Å². The van der Waals surface area contributed by atoms with E-state index in [1.807, 2.05) is 30.7 Å². The highest BCUT2D eigenvalue weighted by atomic mass is 32.2. The van der Waals surface area contributed by atoms with Gasteiger partial charge in [0, 0.05) is 11.4 Å². The molecular formula is C19H20FN3O2S. The number of aromatic nitrogens is 2. The molecule has 0 spiro atoms. The molecule has 0 amide bonds. The average molecular weight is 373 g/mol. The number of nitrogens with one attached hydrogen (secondary N) is 1. The average Bonchev–Trinajstić information content (AvgIpc) is 2.87. The van der Waals surface area contributed by atoms with E-state index >= 15 is 0 Å². The van der Waals surface area contributed by atoms with Crippen molar-refractivity contribution in [1.82, 2.24) is 9.78 Å². The predicted molar refractivity (Wildman–Crippen MR) is 99.2 cm³/mol. The second-order valence-corrected chi connectivity index (χ2v) is 7.95. The van der Waals surface area contributed by atoms with Gasteiger partial charge in [-0.3, -0.25) is 9.40 Å². The predicted octanol–water partition coefficient (Wildman–Crippen LogP) is 3.80. The smallest absolute Gasteiger partial charge is 0.262 e. The first-order valence-corrected chi connectivity index (χ1v) is 9.62. The minimum absolute atomic E-state index is 0.0681. The number of nitrogens with zero attached hydrogens (tertiary/aromatic N) is 2. The van der Waals surface area contributed by atoms with Gasteiger partial charge in [-0.25, -0.2) is 12.8 Å². The molecule has 0 fully saturated rings. The maximum absolute atomic E-state index is 13.5. The summed E-state index contributed by atoms with van der Waals surface area (Å²) in [6.07, 6.45) is 0. The summed E-state index contributed by atoms with van der Waals surface area (Å²) in [6, 6.07) is 12.8. The molecule has 136 valence electrons. The summed E-state index contributed by atoms with van der Waals surface area (Å²) in [5.74, 6) is -0.589. The van der Waals surface area contributed by atoms with Crippen LogP contribution in [0.3, 0.4) is 0 Å². The molecule has 1 heterocycles. The van der Waals surface area contributed by atoms with E-state index in [4.69, 9.17) is 0 Å². The van der Waals surface area contributed by atoms with Crippen LogP contribution in [0.1, 0.15) is 22.5 Å². The maximum atomic E-state index is 13.5. The molecule has 7 heteroatoms. The first-order chi connectivity index (χ1) is 12.2. The first-order valence-electron chi connectivity index (χ1n) is 8.13. The summed E-state index contributed by atoms with van der Waals surface area (Å²) >= 11 is 0. The molecule has 0 atom stereocenters. The molecule has 0 saturated carbocycles. The Bertz CT molecular complexity index is 1060. The minimum atomic E-state index is -3.87. The molecule has 3 aromatic rings. The molecule has 1 N–H and O–H groups in total. The number of benzene rings is 2. The minimum Gasteiger partial charge on any atom is -0.280 e. The summed E-state index contributed by atoms with van der Waals surface area (Å²) in [6.45, 7) is 6.07. The van der Waals surface area contributed by atoms with Gasteiger partial charge in [-0.15, -0.1) is 0 Å².